The summed E-state index contributed by atoms with van der Waals surface area (Å²) in [6.45, 7) is 1.20. The van der Waals surface area contributed by atoms with Crippen molar-refractivity contribution >= 4 is 26.8 Å². The number of benzene rings is 1. The number of nitrogens with zero attached hydrogens (tertiary/aromatic N) is 4. The van der Waals surface area contributed by atoms with Crippen LogP contribution in [0.25, 0.3) is 11.0 Å². The summed E-state index contributed by atoms with van der Waals surface area (Å²) >= 11 is 0. The molecule has 3 rings (SSSR count). The number of fused-ring (bicyclic) bond motifs is 1. The summed E-state index contributed by atoms with van der Waals surface area (Å²) in [5.74, 6) is 0.299. The molecule has 0 saturated heterocycles. The molecule has 0 aliphatic carbocycles. The van der Waals surface area contributed by atoms with Gasteiger partial charge in [-0.3, -0.25) is 4.68 Å². The van der Waals surface area contributed by atoms with Gasteiger partial charge in [0.25, 0.3) is 0 Å². The molecule has 0 fully saturated rings. The zero-order valence-electron chi connectivity index (χ0n) is 11.5. The van der Waals surface area contributed by atoms with Gasteiger partial charge in [0.1, 0.15) is 5.52 Å². The van der Waals surface area contributed by atoms with E-state index in [9.17, 15) is 8.42 Å². The van der Waals surface area contributed by atoms with Gasteiger partial charge in [-0.1, -0.05) is 6.07 Å². The number of aromatic nitrogens is 4. The number of sulfone groups is 1. The molecular weight excluding hydrogens is 290 g/mol. The first-order valence-electron chi connectivity index (χ1n) is 6.39. The highest BCUT2D eigenvalue weighted by molar-refractivity contribution is 7.91. The smallest absolute Gasteiger partial charge is 0.201 e. The number of nitrogens with two attached hydrogens (primary N) is 1. The first-order chi connectivity index (χ1) is 9.97. The molecule has 7 nitrogen and oxygen atoms in total. The van der Waals surface area contributed by atoms with Gasteiger partial charge in [-0.05, 0) is 18.2 Å². The van der Waals surface area contributed by atoms with Gasteiger partial charge in [0, 0.05) is 25.2 Å². The van der Waals surface area contributed by atoms with Crippen molar-refractivity contribution in [1.29, 1.82) is 0 Å². The molecule has 8 heteroatoms. The molecule has 0 unspecified atom stereocenters. The van der Waals surface area contributed by atoms with Gasteiger partial charge in [0.05, 0.1) is 17.0 Å². The largest absolute Gasteiger partial charge is 0.369 e. The van der Waals surface area contributed by atoms with Crippen LogP contribution in [0.1, 0.15) is 0 Å². The normalized spacial score (nSPS) is 12.0. The maximum absolute atomic E-state index is 11.8. The Morgan fingerprint density at radius 1 is 1.24 bits per heavy atom. The number of para-hydroxylation sites is 1. The standard InChI is InChI=1S/C13H15N5O2S/c1-21(19,20)11-5-2-4-10-12(11)16-13(14)18(10)9-8-17-7-3-6-15-17/h2-7H,8-9H2,1H3,(H2,14,16). The van der Waals surface area contributed by atoms with E-state index in [-0.39, 0.29) is 4.90 Å². The number of nitrogen functional groups attached to an aromatic ring is 1. The second-order valence-electron chi connectivity index (χ2n) is 4.79. The van der Waals surface area contributed by atoms with Crippen LogP contribution in [-0.2, 0) is 22.9 Å². The Kier molecular flexibility index (Phi) is 3.17. The molecule has 3 aromatic rings. The highest BCUT2D eigenvalue weighted by Crippen LogP contribution is 2.24. The van der Waals surface area contributed by atoms with Gasteiger partial charge >= 0.3 is 0 Å². The summed E-state index contributed by atoms with van der Waals surface area (Å²) in [6.07, 6.45) is 4.73. The van der Waals surface area contributed by atoms with Crippen molar-refractivity contribution in [2.24, 2.45) is 0 Å². The Labute approximate surface area is 121 Å². The molecule has 2 N–H and O–H groups in total. The lowest BCUT2D eigenvalue weighted by Crippen LogP contribution is -2.10. The Hall–Kier alpha value is -2.35. The Morgan fingerprint density at radius 2 is 2.05 bits per heavy atom. The van der Waals surface area contributed by atoms with Gasteiger partial charge in [0.2, 0.25) is 5.95 Å². The molecule has 21 heavy (non-hydrogen) atoms. The van der Waals surface area contributed by atoms with Crippen molar-refractivity contribution < 1.29 is 8.42 Å². The molecule has 1 aromatic carbocycles. The van der Waals surface area contributed by atoms with Crippen molar-refractivity contribution in [3.63, 3.8) is 0 Å². The van der Waals surface area contributed by atoms with Crippen LogP contribution < -0.4 is 5.73 Å². The van der Waals surface area contributed by atoms with E-state index in [1.807, 2.05) is 18.3 Å². The van der Waals surface area contributed by atoms with Crippen LogP contribution in [0.4, 0.5) is 5.95 Å². The lowest BCUT2D eigenvalue weighted by molar-refractivity contribution is 0.544. The van der Waals surface area contributed by atoms with E-state index in [1.54, 1.807) is 27.6 Å². The van der Waals surface area contributed by atoms with E-state index in [1.165, 1.54) is 6.26 Å². The van der Waals surface area contributed by atoms with Crippen molar-refractivity contribution in [3.05, 3.63) is 36.7 Å². The first kappa shape index (κ1) is 13.6. The van der Waals surface area contributed by atoms with Gasteiger partial charge in [0.15, 0.2) is 9.84 Å². The molecule has 2 aromatic heterocycles. The predicted octanol–water partition coefficient (Wildman–Crippen LogP) is 0.919. The van der Waals surface area contributed by atoms with Crippen LogP contribution >= 0.6 is 0 Å². The summed E-state index contributed by atoms with van der Waals surface area (Å²) in [4.78, 5) is 4.41. The van der Waals surface area contributed by atoms with Crippen molar-refractivity contribution in [3.8, 4) is 0 Å². The third-order valence-electron chi connectivity index (χ3n) is 3.28. The average molecular weight is 305 g/mol. The highest BCUT2D eigenvalue weighted by Gasteiger charge is 2.17. The molecule has 0 aliphatic heterocycles. The Bertz CT molecular complexity index is 881. The second kappa shape index (κ2) is 4.88. The number of hydrogen-bond donors (Lipinski definition) is 1. The number of hydrogen-bond acceptors (Lipinski definition) is 5. The summed E-state index contributed by atoms with van der Waals surface area (Å²) in [5.41, 5.74) is 7.06. The third-order valence-corrected chi connectivity index (χ3v) is 4.41. The van der Waals surface area contributed by atoms with Crippen LogP contribution in [-0.4, -0.2) is 34.0 Å². The van der Waals surface area contributed by atoms with E-state index < -0.39 is 9.84 Å². The van der Waals surface area contributed by atoms with Crippen molar-refractivity contribution in [2.45, 2.75) is 18.0 Å². The van der Waals surface area contributed by atoms with Crippen molar-refractivity contribution in [2.75, 3.05) is 12.0 Å². The molecule has 0 atom stereocenters. The fraction of sp³-hybridized carbons (Fsp3) is 0.231. The summed E-state index contributed by atoms with van der Waals surface area (Å²) in [7, 11) is -3.34. The summed E-state index contributed by atoms with van der Waals surface area (Å²) in [5, 5.41) is 4.13. The molecule has 0 bridgehead atoms. The van der Waals surface area contributed by atoms with Crippen molar-refractivity contribution in [1.82, 2.24) is 19.3 Å². The van der Waals surface area contributed by atoms with Crippen LogP contribution in [0.5, 0.6) is 0 Å². The molecule has 0 saturated carbocycles. The van der Waals surface area contributed by atoms with E-state index in [4.69, 9.17) is 5.73 Å². The third kappa shape index (κ3) is 2.49. The summed E-state index contributed by atoms with van der Waals surface area (Å²) in [6, 6.07) is 6.90. The van der Waals surface area contributed by atoms with E-state index in [2.05, 4.69) is 10.1 Å². The number of imidazole rings is 1. The molecule has 2 heterocycles. The molecule has 0 amide bonds. The highest BCUT2D eigenvalue weighted by atomic mass is 32.2. The Balaban J connectivity index is 2.05. The first-order valence-corrected chi connectivity index (χ1v) is 8.28. The van der Waals surface area contributed by atoms with E-state index >= 15 is 0 Å². The minimum Gasteiger partial charge on any atom is -0.369 e. The topological polar surface area (TPSA) is 95.8 Å². The van der Waals surface area contributed by atoms with Crippen LogP contribution in [0.3, 0.4) is 0 Å². The molecule has 0 spiro atoms. The summed E-state index contributed by atoms with van der Waals surface area (Å²) < 4.78 is 27.2. The SMILES string of the molecule is CS(=O)(=O)c1cccc2c1nc(N)n2CCn1cccn1. The number of anilines is 1. The van der Waals surface area contributed by atoms with Crippen LogP contribution in [0.2, 0.25) is 0 Å². The molecule has 0 radical (unpaired) electrons. The van der Waals surface area contributed by atoms with Gasteiger partial charge in [-0.15, -0.1) is 0 Å². The van der Waals surface area contributed by atoms with Crippen LogP contribution in [0.15, 0.2) is 41.6 Å². The predicted molar refractivity (Wildman–Crippen MR) is 79.5 cm³/mol. The average Bonchev–Trinajstić information content (AvgIpc) is 3.01. The lowest BCUT2D eigenvalue weighted by atomic mass is 10.3. The molecule has 0 aliphatic rings. The van der Waals surface area contributed by atoms with E-state index in [0.717, 1.165) is 0 Å². The monoisotopic (exact) mass is 305 g/mol. The zero-order valence-corrected chi connectivity index (χ0v) is 12.3. The van der Waals surface area contributed by atoms with Crippen LogP contribution in [0, 0.1) is 0 Å². The molecular formula is C13H15N5O2S. The lowest BCUT2D eigenvalue weighted by Gasteiger charge is -2.07. The maximum atomic E-state index is 11.8. The zero-order chi connectivity index (χ0) is 15.0. The molecule has 110 valence electrons. The minimum atomic E-state index is -3.34. The second-order valence-corrected chi connectivity index (χ2v) is 6.77. The fourth-order valence-electron chi connectivity index (χ4n) is 2.31. The number of rotatable bonds is 4. The van der Waals surface area contributed by atoms with E-state index in [0.29, 0.717) is 30.1 Å². The Morgan fingerprint density at radius 3 is 2.71 bits per heavy atom. The van der Waals surface area contributed by atoms with Gasteiger partial charge in [-0.2, -0.15) is 5.10 Å². The maximum Gasteiger partial charge on any atom is 0.201 e. The van der Waals surface area contributed by atoms with Gasteiger partial charge in [-0.25, -0.2) is 13.4 Å². The number of aryl methyl sites for hydroxylation is 2. The van der Waals surface area contributed by atoms with Gasteiger partial charge < -0.3 is 10.3 Å². The minimum absolute atomic E-state index is 0.199. The fourth-order valence-corrected chi connectivity index (χ4v) is 3.14. The quantitative estimate of drug-likeness (QED) is 0.773.